The van der Waals surface area contributed by atoms with Gasteiger partial charge in [-0.25, -0.2) is 4.68 Å². The summed E-state index contributed by atoms with van der Waals surface area (Å²) in [5, 5.41) is 10.6. The fourth-order valence-electron chi connectivity index (χ4n) is 2.40. The third-order valence-electron chi connectivity index (χ3n) is 3.47. The van der Waals surface area contributed by atoms with Crippen LogP contribution in [0.15, 0.2) is 42.6 Å². The minimum Gasteiger partial charge on any atom is -0.347 e. The molecule has 0 unspecified atom stereocenters. The molecule has 0 spiro atoms. The zero-order valence-corrected chi connectivity index (χ0v) is 11.2. The van der Waals surface area contributed by atoms with E-state index in [9.17, 15) is 4.79 Å². The molecule has 0 radical (unpaired) electrons. The summed E-state index contributed by atoms with van der Waals surface area (Å²) in [6, 6.07) is 11.7. The maximum atomic E-state index is 12.1. The topological polar surface area (TPSA) is 59.0 Å². The molecular formula is C15H18N4O. The monoisotopic (exact) mass is 270 g/mol. The van der Waals surface area contributed by atoms with E-state index >= 15 is 0 Å². The molecule has 1 saturated heterocycles. The number of nitrogens with zero attached hydrogens (tertiary/aromatic N) is 2. The number of rotatable bonds is 3. The van der Waals surface area contributed by atoms with E-state index in [1.54, 1.807) is 10.7 Å². The van der Waals surface area contributed by atoms with Crippen LogP contribution in [0.4, 0.5) is 0 Å². The van der Waals surface area contributed by atoms with Gasteiger partial charge in [0.25, 0.3) is 5.91 Å². The molecule has 0 saturated carbocycles. The second kappa shape index (κ2) is 5.88. The Morgan fingerprint density at radius 2 is 2.15 bits per heavy atom. The third kappa shape index (κ3) is 2.88. The van der Waals surface area contributed by atoms with Crippen molar-refractivity contribution in [2.24, 2.45) is 0 Å². The predicted molar refractivity (Wildman–Crippen MR) is 76.9 cm³/mol. The zero-order valence-electron chi connectivity index (χ0n) is 11.2. The van der Waals surface area contributed by atoms with Crippen LogP contribution in [0.25, 0.3) is 5.69 Å². The van der Waals surface area contributed by atoms with E-state index in [0.717, 1.165) is 31.6 Å². The Hall–Kier alpha value is -2.14. The highest BCUT2D eigenvalue weighted by atomic mass is 16.2. The molecule has 0 aliphatic carbocycles. The summed E-state index contributed by atoms with van der Waals surface area (Å²) < 4.78 is 1.72. The first-order valence-electron chi connectivity index (χ1n) is 6.95. The van der Waals surface area contributed by atoms with E-state index in [1.807, 2.05) is 36.5 Å². The largest absolute Gasteiger partial charge is 0.347 e. The molecule has 1 atom stereocenters. The molecule has 1 aromatic carbocycles. The number of carbonyl (C=O) groups is 1. The normalized spacial score (nSPS) is 18.7. The van der Waals surface area contributed by atoms with Gasteiger partial charge in [0.2, 0.25) is 0 Å². The van der Waals surface area contributed by atoms with Gasteiger partial charge in [0, 0.05) is 18.8 Å². The highest BCUT2D eigenvalue weighted by Crippen LogP contribution is 2.08. The molecule has 2 aromatic rings. The third-order valence-corrected chi connectivity index (χ3v) is 3.47. The average molecular weight is 270 g/mol. The Balaban J connectivity index is 1.68. The van der Waals surface area contributed by atoms with Gasteiger partial charge in [-0.05, 0) is 37.6 Å². The Labute approximate surface area is 118 Å². The van der Waals surface area contributed by atoms with Gasteiger partial charge in [0.05, 0.1) is 5.69 Å². The highest BCUT2D eigenvalue weighted by molar-refractivity contribution is 5.92. The van der Waals surface area contributed by atoms with Crippen molar-refractivity contribution in [3.63, 3.8) is 0 Å². The van der Waals surface area contributed by atoms with Crippen molar-refractivity contribution >= 4 is 5.91 Å². The first kappa shape index (κ1) is 12.9. The maximum Gasteiger partial charge on any atom is 0.272 e. The van der Waals surface area contributed by atoms with Gasteiger partial charge in [-0.15, -0.1) is 0 Å². The van der Waals surface area contributed by atoms with Gasteiger partial charge in [0.15, 0.2) is 5.69 Å². The predicted octanol–water partition coefficient (Wildman–Crippen LogP) is 1.35. The summed E-state index contributed by atoms with van der Waals surface area (Å²) in [6.07, 6.45) is 3.94. The molecule has 2 heterocycles. The number of piperidine rings is 1. The van der Waals surface area contributed by atoms with Crippen LogP contribution in [0.1, 0.15) is 23.3 Å². The molecule has 3 rings (SSSR count). The molecule has 1 fully saturated rings. The van der Waals surface area contributed by atoms with Crippen LogP contribution in [-0.4, -0.2) is 34.8 Å². The van der Waals surface area contributed by atoms with Crippen molar-refractivity contribution in [3.8, 4) is 5.69 Å². The van der Waals surface area contributed by atoms with Crippen LogP contribution in [0, 0.1) is 0 Å². The van der Waals surface area contributed by atoms with Gasteiger partial charge in [-0.1, -0.05) is 18.2 Å². The number of hydrogen-bond acceptors (Lipinski definition) is 3. The van der Waals surface area contributed by atoms with E-state index in [0.29, 0.717) is 5.69 Å². The first-order valence-corrected chi connectivity index (χ1v) is 6.95. The lowest BCUT2D eigenvalue weighted by Gasteiger charge is -2.23. The standard InChI is InChI=1S/C15H18N4O/c20-15(17-12-5-4-9-16-11-12)14-8-10-19(18-14)13-6-2-1-3-7-13/h1-3,6-8,10,12,16H,4-5,9,11H2,(H,17,20)/t12-/m0/s1. The van der Waals surface area contributed by atoms with E-state index in [4.69, 9.17) is 0 Å². The summed E-state index contributed by atoms with van der Waals surface area (Å²) in [5.41, 5.74) is 1.41. The van der Waals surface area contributed by atoms with Gasteiger partial charge in [-0.2, -0.15) is 5.10 Å². The molecule has 5 heteroatoms. The summed E-state index contributed by atoms with van der Waals surface area (Å²) in [4.78, 5) is 12.1. The summed E-state index contributed by atoms with van der Waals surface area (Å²) >= 11 is 0. The molecule has 1 amide bonds. The Kier molecular flexibility index (Phi) is 3.78. The van der Waals surface area contributed by atoms with E-state index < -0.39 is 0 Å². The minimum atomic E-state index is -0.103. The number of para-hydroxylation sites is 1. The number of benzene rings is 1. The Bertz CT molecular complexity index is 573. The first-order chi connectivity index (χ1) is 9.83. The molecule has 0 bridgehead atoms. The number of nitrogens with one attached hydrogen (secondary N) is 2. The van der Waals surface area contributed by atoms with Crippen LogP contribution in [0.5, 0.6) is 0 Å². The van der Waals surface area contributed by atoms with Crippen molar-refractivity contribution in [1.29, 1.82) is 0 Å². The summed E-state index contributed by atoms with van der Waals surface area (Å²) in [5.74, 6) is -0.103. The van der Waals surface area contributed by atoms with Crippen LogP contribution >= 0.6 is 0 Å². The molecule has 1 aliphatic rings. The molecular weight excluding hydrogens is 252 g/mol. The Morgan fingerprint density at radius 3 is 2.90 bits per heavy atom. The fraction of sp³-hybridized carbons (Fsp3) is 0.333. The lowest BCUT2D eigenvalue weighted by Crippen LogP contribution is -2.45. The lowest BCUT2D eigenvalue weighted by atomic mass is 10.1. The number of aromatic nitrogens is 2. The van der Waals surface area contributed by atoms with Crippen molar-refractivity contribution < 1.29 is 4.79 Å². The lowest BCUT2D eigenvalue weighted by molar-refractivity contribution is 0.0925. The fourth-order valence-corrected chi connectivity index (χ4v) is 2.40. The zero-order chi connectivity index (χ0) is 13.8. The molecule has 1 aromatic heterocycles. The molecule has 2 N–H and O–H groups in total. The quantitative estimate of drug-likeness (QED) is 0.885. The van der Waals surface area contributed by atoms with Gasteiger partial charge >= 0.3 is 0 Å². The number of carbonyl (C=O) groups excluding carboxylic acids is 1. The van der Waals surface area contributed by atoms with Crippen molar-refractivity contribution in [2.75, 3.05) is 13.1 Å². The summed E-state index contributed by atoms with van der Waals surface area (Å²) in [6.45, 7) is 1.88. The maximum absolute atomic E-state index is 12.1. The SMILES string of the molecule is O=C(N[C@H]1CCCNC1)c1ccn(-c2ccccc2)n1. The molecule has 1 aliphatic heterocycles. The molecule has 104 valence electrons. The highest BCUT2D eigenvalue weighted by Gasteiger charge is 2.17. The van der Waals surface area contributed by atoms with Crippen LogP contribution < -0.4 is 10.6 Å². The van der Waals surface area contributed by atoms with Crippen LogP contribution in [-0.2, 0) is 0 Å². The smallest absolute Gasteiger partial charge is 0.272 e. The van der Waals surface area contributed by atoms with Gasteiger partial charge in [0.1, 0.15) is 0 Å². The number of hydrogen-bond donors (Lipinski definition) is 2. The summed E-state index contributed by atoms with van der Waals surface area (Å²) in [7, 11) is 0. The van der Waals surface area contributed by atoms with Crippen LogP contribution in [0.3, 0.4) is 0 Å². The van der Waals surface area contributed by atoms with E-state index in [-0.39, 0.29) is 11.9 Å². The minimum absolute atomic E-state index is 0.103. The average Bonchev–Trinajstić information content (AvgIpc) is 2.99. The van der Waals surface area contributed by atoms with E-state index in [2.05, 4.69) is 15.7 Å². The molecule has 5 nitrogen and oxygen atoms in total. The van der Waals surface area contributed by atoms with Crippen molar-refractivity contribution in [1.82, 2.24) is 20.4 Å². The van der Waals surface area contributed by atoms with Crippen molar-refractivity contribution in [3.05, 3.63) is 48.3 Å². The second-order valence-corrected chi connectivity index (χ2v) is 5.00. The number of amides is 1. The van der Waals surface area contributed by atoms with E-state index in [1.165, 1.54) is 0 Å². The van der Waals surface area contributed by atoms with Gasteiger partial charge in [-0.3, -0.25) is 4.79 Å². The Morgan fingerprint density at radius 1 is 1.30 bits per heavy atom. The molecule has 20 heavy (non-hydrogen) atoms. The van der Waals surface area contributed by atoms with Crippen molar-refractivity contribution in [2.45, 2.75) is 18.9 Å². The second-order valence-electron chi connectivity index (χ2n) is 5.00. The van der Waals surface area contributed by atoms with Gasteiger partial charge < -0.3 is 10.6 Å². The van der Waals surface area contributed by atoms with Crippen LogP contribution in [0.2, 0.25) is 0 Å².